The number of rotatable bonds is 9. The summed E-state index contributed by atoms with van der Waals surface area (Å²) in [6.07, 6.45) is 0.531. The summed E-state index contributed by atoms with van der Waals surface area (Å²) in [6.45, 7) is -0.112. The summed E-state index contributed by atoms with van der Waals surface area (Å²) in [7, 11) is 0. The molecule has 2 rings (SSSR count). The van der Waals surface area contributed by atoms with E-state index >= 15 is 0 Å². The monoisotopic (exact) mass is 387 g/mol. The first-order valence-corrected chi connectivity index (χ1v) is 8.75. The molecule has 0 aliphatic rings. The summed E-state index contributed by atoms with van der Waals surface area (Å²) < 4.78 is 17.6. The molecule has 2 aromatic carbocycles. The minimum atomic E-state index is -0.719. The molecular weight excluding hydrogens is 365 g/mol. The molecule has 0 aliphatic carbocycles. The van der Waals surface area contributed by atoms with Crippen LogP contribution in [0.25, 0.3) is 0 Å². The molecule has 0 fully saturated rings. The quantitative estimate of drug-likeness (QED) is 0.569. The van der Waals surface area contributed by atoms with Gasteiger partial charge in [-0.15, -0.1) is 0 Å². The van der Waals surface area contributed by atoms with E-state index in [1.807, 2.05) is 30.3 Å². The molecule has 2 aromatic rings. The SMILES string of the molecule is O=C(COC(=O)CNC(=O)NCc1ccccc1)NCCc1ccc(F)cc1. The predicted octanol–water partition coefficient (Wildman–Crippen LogP) is 1.53. The zero-order valence-electron chi connectivity index (χ0n) is 15.2. The molecule has 7 nitrogen and oxygen atoms in total. The van der Waals surface area contributed by atoms with Crippen LogP contribution in [0.3, 0.4) is 0 Å². The molecule has 8 heteroatoms. The smallest absolute Gasteiger partial charge is 0.325 e. The van der Waals surface area contributed by atoms with Gasteiger partial charge in [0, 0.05) is 13.1 Å². The number of esters is 1. The van der Waals surface area contributed by atoms with E-state index in [1.54, 1.807) is 12.1 Å². The van der Waals surface area contributed by atoms with E-state index in [2.05, 4.69) is 16.0 Å². The number of urea groups is 1. The second-order valence-corrected chi connectivity index (χ2v) is 5.91. The number of hydrogen-bond acceptors (Lipinski definition) is 4. The third-order valence-corrected chi connectivity index (χ3v) is 3.70. The first-order chi connectivity index (χ1) is 13.5. The largest absolute Gasteiger partial charge is 0.454 e. The summed E-state index contributed by atoms with van der Waals surface area (Å²) in [4.78, 5) is 34.8. The maximum absolute atomic E-state index is 12.8. The summed E-state index contributed by atoms with van der Waals surface area (Å²) in [5.74, 6) is -1.49. The molecule has 0 radical (unpaired) electrons. The van der Waals surface area contributed by atoms with Crippen molar-refractivity contribution in [2.75, 3.05) is 19.7 Å². The van der Waals surface area contributed by atoms with Gasteiger partial charge in [-0.3, -0.25) is 9.59 Å². The van der Waals surface area contributed by atoms with Crippen molar-refractivity contribution >= 4 is 17.9 Å². The zero-order valence-corrected chi connectivity index (χ0v) is 15.2. The van der Waals surface area contributed by atoms with E-state index < -0.39 is 24.5 Å². The fourth-order valence-corrected chi connectivity index (χ4v) is 2.24. The highest BCUT2D eigenvalue weighted by Crippen LogP contribution is 2.02. The summed E-state index contributed by atoms with van der Waals surface area (Å²) in [6, 6.07) is 14.8. The number of benzene rings is 2. The third kappa shape index (κ3) is 8.31. The zero-order chi connectivity index (χ0) is 20.2. The molecule has 3 N–H and O–H groups in total. The van der Waals surface area contributed by atoms with Crippen LogP contribution in [0.2, 0.25) is 0 Å². The molecule has 0 unspecified atom stereocenters. The minimum Gasteiger partial charge on any atom is -0.454 e. The van der Waals surface area contributed by atoms with Gasteiger partial charge in [-0.1, -0.05) is 42.5 Å². The molecule has 28 heavy (non-hydrogen) atoms. The fourth-order valence-electron chi connectivity index (χ4n) is 2.24. The fraction of sp³-hybridized carbons (Fsp3) is 0.250. The van der Waals surface area contributed by atoms with Crippen LogP contribution in [0.1, 0.15) is 11.1 Å². The van der Waals surface area contributed by atoms with E-state index in [1.165, 1.54) is 12.1 Å². The third-order valence-electron chi connectivity index (χ3n) is 3.70. The topological polar surface area (TPSA) is 96.5 Å². The molecule has 148 valence electrons. The van der Waals surface area contributed by atoms with E-state index in [9.17, 15) is 18.8 Å². The number of halogens is 1. The van der Waals surface area contributed by atoms with Crippen LogP contribution in [0.4, 0.5) is 9.18 Å². The average molecular weight is 387 g/mol. The Morgan fingerprint density at radius 1 is 0.857 bits per heavy atom. The summed E-state index contributed by atoms with van der Waals surface area (Å²) in [5.41, 5.74) is 1.81. The number of amides is 3. The molecule has 0 saturated heterocycles. The lowest BCUT2D eigenvalue weighted by atomic mass is 10.1. The standard InChI is InChI=1S/C20H22FN3O4/c21-17-8-6-15(7-9-17)10-11-22-18(25)14-28-19(26)13-24-20(27)23-12-16-4-2-1-3-5-16/h1-9H,10-14H2,(H,22,25)(H2,23,24,27). The van der Waals surface area contributed by atoms with Crippen molar-refractivity contribution < 1.29 is 23.5 Å². The van der Waals surface area contributed by atoms with Gasteiger partial charge in [0.2, 0.25) is 0 Å². The van der Waals surface area contributed by atoms with E-state index in [-0.39, 0.29) is 12.4 Å². The van der Waals surface area contributed by atoms with Gasteiger partial charge in [0.15, 0.2) is 6.61 Å². The molecule has 0 aliphatic heterocycles. The van der Waals surface area contributed by atoms with Crippen LogP contribution in [-0.2, 0) is 27.3 Å². The van der Waals surface area contributed by atoms with Gasteiger partial charge in [0.25, 0.3) is 5.91 Å². The molecule has 3 amide bonds. The van der Waals surface area contributed by atoms with Crippen LogP contribution in [-0.4, -0.2) is 37.6 Å². The molecular formula is C20H22FN3O4. The second-order valence-electron chi connectivity index (χ2n) is 5.91. The number of ether oxygens (including phenoxy) is 1. The highest BCUT2D eigenvalue weighted by molar-refractivity contribution is 5.83. The van der Waals surface area contributed by atoms with Crippen molar-refractivity contribution in [2.45, 2.75) is 13.0 Å². The maximum Gasteiger partial charge on any atom is 0.325 e. The van der Waals surface area contributed by atoms with Crippen molar-refractivity contribution in [3.05, 3.63) is 71.5 Å². The number of carbonyl (C=O) groups is 3. The Balaban J connectivity index is 1.54. The molecule has 0 atom stereocenters. The lowest BCUT2D eigenvalue weighted by Gasteiger charge is -2.09. The van der Waals surface area contributed by atoms with Crippen LogP contribution < -0.4 is 16.0 Å². The number of hydrogen-bond donors (Lipinski definition) is 3. The highest BCUT2D eigenvalue weighted by Gasteiger charge is 2.09. The van der Waals surface area contributed by atoms with Crippen LogP contribution in [0.5, 0.6) is 0 Å². The number of nitrogens with one attached hydrogen (secondary N) is 3. The van der Waals surface area contributed by atoms with Gasteiger partial charge >= 0.3 is 12.0 Å². The summed E-state index contributed by atoms with van der Waals surface area (Å²) in [5, 5.41) is 7.56. The lowest BCUT2D eigenvalue weighted by Crippen LogP contribution is -2.39. The van der Waals surface area contributed by atoms with Crippen LogP contribution in [0.15, 0.2) is 54.6 Å². The predicted molar refractivity (Wildman–Crippen MR) is 101 cm³/mol. The molecule has 0 aromatic heterocycles. The van der Waals surface area contributed by atoms with Gasteiger partial charge < -0.3 is 20.7 Å². The first-order valence-electron chi connectivity index (χ1n) is 8.75. The van der Waals surface area contributed by atoms with Crippen LogP contribution >= 0.6 is 0 Å². The Hall–Kier alpha value is -3.42. The van der Waals surface area contributed by atoms with Crippen molar-refractivity contribution in [2.24, 2.45) is 0 Å². The maximum atomic E-state index is 12.8. The highest BCUT2D eigenvalue weighted by atomic mass is 19.1. The first kappa shape index (κ1) is 20.9. The number of carbonyl (C=O) groups excluding carboxylic acids is 3. The van der Waals surface area contributed by atoms with Crippen molar-refractivity contribution in [3.63, 3.8) is 0 Å². The van der Waals surface area contributed by atoms with Gasteiger partial charge in [0.1, 0.15) is 12.4 Å². The van der Waals surface area contributed by atoms with Crippen molar-refractivity contribution in [3.8, 4) is 0 Å². The summed E-state index contributed by atoms with van der Waals surface area (Å²) >= 11 is 0. The van der Waals surface area contributed by atoms with Gasteiger partial charge in [-0.05, 0) is 29.7 Å². The second kappa shape index (κ2) is 11.3. The van der Waals surface area contributed by atoms with E-state index in [0.717, 1.165) is 11.1 Å². The Bertz CT molecular complexity index is 782. The Morgan fingerprint density at radius 3 is 2.29 bits per heavy atom. The Kier molecular flexibility index (Phi) is 8.45. The average Bonchev–Trinajstić information content (AvgIpc) is 2.71. The van der Waals surface area contributed by atoms with Crippen molar-refractivity contribution in [1.29, 1.82) is 0 Å². The van der Waals surface area contributed by atoms with E-state index in [4.69, 9.17) is 4.74 Å². The van der Waals surface area contributed by atoms with Gasteiger partial charge in [-0.2, -0.15) is 0 Å². The lowest BCUT2D eigenvalue weighted by molar-refractivity contribution is -0.147. The normalized spacial score (nSPS) is 10.0. The molecule has 0 heterocycles. The van der Waals surface area contributed by atoms with Gasteiger partial charge in [0.05, 0.1) is 0 Å². The van der Waals surface area contributed by atoms with Crippen LogP contribution in [0, 0.1) is 5.82 Å². The minimum absolute atomic E-state index is 0.318. The Labute approximate surface area is 162 Å². The molecule has 0 saturated carbocycles. The van der Waals surface area contributed by atoms with Gasteiger partial charge in [-0.25, -0.2) is 9.18 Å². The Morgan fingerprint density at radius 2 is 1.57 bits per heavy atom. The van der Waals surface area contributed by atoms with E-state index in [0.29, 0.717) is 19.5 Å². The molecule has 0 bridgehead atoms. The molecule has 0 spiro atoms. The van der Waals surface area contributed by atoms with Crippen molar-refractivity contribution in [1.82, 2.24) is 16.0 Å².